The van der Waals surface area contributed by atoms with Gasteiger partial charge in [-0.2, -0.15) is 4.98 Å². The highest BCUT2D eigenvalue weighted by atomic mass is 35.5. The lowest BCUT2D eigenvalue weighted by Gasteiger charge is -2.33. The number of anilines is 1. The maximum atomic E-state index is 11.1. The molecule has 3 heterocycles. The molecule has 0 unspecified atom stereocenters. The number of carbonyl (C=O) groups excluding carboxylic acids is 1. The Morgan fingerprint density at radius 3 is 2.90 bits per heavy atom. The minimum Gasteiger partial charge on any atom is -0.356 e. The Balaban J connectivity index is 1.79. The van der Waals surface area contributed by atoms with E-state index in [0.29, 0.717) is 5.28 Å². The molecule has 0 atom stereocenters. The number of amides is 1. The van der Waals surface area contributed by atoms with E-state index in [9.17, 15) is 4.79 Å². The fourth-order valence-corrected chi connectivity index (χ4v) is 3.55. The van der Waals surface area contributed by atoms with Gasteiger partial charge in [0.15, 0.2) is 0 Å². The van der Waals surface area contributed by atoms with Gasteiger partial charge >= 0.3 is 0 Å². The van der Waals surface area contributed by atoms with Crippen LogP contribution in [0.3, 0.4) is 0 Å². The Morgan fingerprint density at radius 1 is 1.45 bits per heavy atom. The maximum absolute atomic E-state index is 11.1. The van der Waals surface area contributed by atoms with E-state index in [1.54, 1.807) is 18.3 Å². The van der Waals surface area contributed by atoms with Gasteiger partial charge in [0.25, 0.3) is 0 Å². The average molecular weight is 311 g/mol. The molecular weight excluding hydrogens is 296 g/mol. The van der Waals surface area contributed by atoms with Crippen molar-refractivity contribution in [2.24, 2.45) is 0 Å². The van der Waals surface area contributed by atoms with Crippen LogP contribution < -0.4 is 10.2 Å². The SMILES string of the molecule is CC(=O)NC1CCN(c2nc(Cl)nc3sccc23)CC1. The van der Waals surface area contributed by atoms with Crippen LogP contribution in [0.2, 0.25) is 5.28 Å². The summed E-state index contributed by atoms with van der Waals surface area (Å²) in [5.74, 6) is 0.941. The first-order chi connectivity index (χ1) is 9.63. The Labute approximate surface area is 126 Å². The van der Waals surface area contributed by atoms with Crippen molar-refractivity contribution in [2.75, 3.05) is 18.0 Å². The molecule has 20 heavy (non-hydrogen) atoms. The predicted octanol–water partition coefficient (Wildman–Crippen LogP) is 2.45. The first-order valence-corrected chi connectivity index (χ1v) is 7.82. The van der Waals surface area contributed by atoms with E-state index in [4.69, 9.17) is 11.6 Å². The van der Waals surface area contributed by atoms with E-state index in [1.807, 2.05) is 11.4 Å². The molecule has 0 bridgehead atoms. The van der Waals surface area contributed by atoms with Crippen LogP contribution in [0.1, 0.15) is 19.8 Å². The van der Waals surface area contributed by atoms with E-state index in [1.165, 1.54) is 0 Å². The first-order valence-electron chi connectivity index (χ1n) is 6.56. The van der Waals surface area contributed by atoms with Gasteiger partial charge in [-0.05, 0) is 35.9 Å². The van der Waals surface area contributed by atoms with Crippen LogP contribution in [-0.4, -0.2) is 35.0 Å². The number of nitrogens with one attached hydrogen (secondary N) is 1. The lowest BCUT2D eigenvalue weighted by Crippen LogP contribution is -2.44. The summed E-state index contributed by atoms with van der Waals surface area (Å²) in [5.41, 5.74) is 0. The number of aromatic nitrogens is 2. The standard InChI is InChI=1S/C13H15ClN4OS/c1-8(19)15-9-2-5-18(6-3-9)11-10-4-7-20-12(10)17-13(14)16-11/h4,7,9H,2-3,5-6H2,1H3,(H,15,19). The van der Waals surface area contributed by atoms with Crippen molar-refractivity contribution >= 4 is 44.9 Å². The molecule has 0 saturated carbocycles. The number of carbonyl (C=O) groups is 1. The van der Waals surface area contributed by atoms with Crippen molar-refractivity contribution < 1.29 is 4.79 Å². The molecule has 0 radical (unpaired) electrons. The molecule has 3 rings (SSSR count). The number of thiophene rings is 1. The van der Waals surface area contributed by atoms with Crippen LogP contribution >= 0.6 is 22.9 Å². The highest BCUT2D eigenvalue weighted by Crippen LogP contribution is 2.30. The summed E-state index contributed by atoms with van der Waals surface area (Å²) in [6.45, 7) is 3.29. The quantitative estimate of drug-likeness (QED) is 0.866. The zero-order chi connectivity index (χ0) is 14.1. The Morgan fingerprint density at radius 2 is 2.20 bits per heavy atom. The van der Waals surface area contributed by atoms with Crippen LogP contribution in [0.4, 0.5) is 5.82 Å². The van der Waals surface area contributed by atoms with Gasteiger partial charge in [-0.1, -0.05) is 0 Å². The minimum atomic E-state index is 0.0359. The number of hydrogen-bond acceptors (Lipinski definition) is 5. The van der Waals surface area contributed by atoms with Crippen molar-refractivity contribution in [3.63, 3.8) is 0 Å². The zero-order valence-electron chi connectivity index (χ0n) is 11.1. The monoisotopic (exact) mass is 310 g/mol. The summed E-state index contributed by atoms with van der Waals surface area (Å²) in [5, 5.41) is 6.32. The van der Waals surface area contributed by atoms with Gasteiger partial charge in [0, 0.05) is 26.1 Å². The molecule has 1 aliphatic rings. The number of halogens is 1. The second-order valence-corrected chi connectivity index (χ2v) is 6.15. The van der Waals surface area contributed by atoms with E-state index in [-0.39, 0.29) is 11.9 Å². The first kappa shape index (κ1) is 13.6. The van der Waals surface area contributed by atoms with Gasteiger partial charge in [0.1, 0.15) is 10.6 Å². The highest BCUT2D eigenvalue weighted by molar-refractivity contribution is 7.16. The van der Waals surface area contributed by atoms with Gasteiger partial charge < -0.3 is 10.2 Å². The van der Waals surface area contributed by atoms with Crippen LogP contribution in [-0.2, 0) is 4.79 Å². The fourth-order valence-electron chi connectivity index (χ4n) is 2.58. The lowest BCUT2D eigenvalue weighted by molar-refractivity contribution is -0.119. The normalized spacial score (nSPS) is 16.6. The smallest absolute Gasteiger partial charge is 0.225 e. The molecule has 1 aliphatic heterocycles. The molecule has 106 valence electrons. The van der Waals surface area contributed by atoms with E-state index in [0.717, 1.165) is 42.0 Å². The number of hydrogen-bond donors (Lipinski definition) is 1. The number of piperidine rings is 1. The average Bonchev–Trinajstić information content (AvgIpc) is 2.86. The number of nitrogens with zero attached hydrogens (tertiary/aromatic N) is 3. The Bertz CT molecular complexity index is 636. The molecule has 0 aliphatic carbocycles. The van der Waals surface area contributed by atoms with Crippen molar-refractivity contribution in [1.29, 1.82) is 0 Å². The molecule has 5 nitrogen and oxygen atoms in total. The lowest BCUT2D eigenvalue weighted by atomic mass is 10.0. The molecule has 0 spiro atoms. The molecule has 1 amide bonds. The second kappa shape index (κ2) is 5.54. The third kappa shape index (κ3) is 2.71. The van der Waals surface area contributed by atoms with E-state index < -0.39 is 0 Å². The van der Waals surface area contributed by atoms with E-state index >= 15 is 0 Å². The summed E-state index contributed by atoms with van der Waals surface area (Å²) in [6, 6.07) is 2.30. The topological polar surface area (TPSA) is 58.1 Å². The number of rotatable bonds is 2. The summed E-state index contributed by atoms with van der Waals surface area (Å²) < 4.78 is 0. The molecule has 2 aromatic heterocycles. The third-order valence-corrected chi connectivity index (χ3v) is 4.46. The van der Waals surface area contributed by atoms with Gasteiger partial charge in [0.05, 0.1) is 5.39 Å². The van der Waals surface area contributed by atoms with E-state index in [2.05, 4.69) is 20.2 Å². The Hall–Kier alpha value is -1.40. The van der Waals surface area contributed by atoms with Crippen LogP contribution in [0.25, 0.3) is 10.2 Å². The molecule has 1 N–H and O–H groups in total. The largest absolute Gasteiger partial charge is 0.356 e. The predicted molar refractivity (Wildman–Crippen MR) is 81.5 cm³/mol. The summed E-state index contributed by atoms with van der Waals surface area (Å²) in [7, 11) is 0. The molecule has 0 aromatic carbocycles. The second-order valence-electron chi connectivity index (χ2n) is 4.92. The minimum absolute atomic E-state index is 0.0359. The molecule has 1 fully saturated rings. The van der Waals surface area contributed by atoms with Gasteiger partial charge in [-0.3, -0.25) is 4.79 Å². The molecule has 1 saturated heterocycles. The summed E-state index contributed by atoms with van der Waals surface area (Å²) >= 11 is 7.57. The highest BCUT2D eigenvalue weighted by Gasteiger charge is 2.22. The molecular formula is C13H15ClN4OS. The molecule has 2 aromatic rings. The van der Waals surface area contributed by atoms with Gasteiger partial charge in [0.2, 0.25) is 11.2 Å². The zero-order valence-corrected chi connectivity index (χ0v) is 12.7. The maximum Gasteiger partial charge on any atom is 0.225 e. The van der Waals surface area contributed by atoms with Crippen LogP contribution in [0.5, 0.6) is 0 Å². The fraction of sp³-hybridized carbons (Fsp3) is 0.462. The van der Waals surface area contributed by atoms with Gasteiger partial charge in [-0.25, -0.2) is 4.98 Å². The van der Waals surface area contributed by atoms with Crippen LogP contribution in [0, 0.1) is 0 Å². The molecule has 7 heteroatoms. The van der Waals surface area contributed by atoms with Gasteiger partial charge in [-0.15, -0.1) is 11.3 Å². The summed E-state index contributed by atoms with van der Waals surface area (Å²) in [6.07, 6.45) is 1.85. The third-order valence-electron chi connectivity index (χ3n) is 3.48. The van der Waals surface area contributed by atoms with Crippen LogP contribution in [0.15, 0.2) is 11.4 Å². The summed E-state index contributed by atoms with van der Waals surface area (Å²) in [4.78, 5) is 22.8. The Kier molecular flexibility index (Phi) is 3.76. The van der Waals surface area contributed by atoms with Crippen molar-refractivity contribution in [2.45, 2.75) is 25.8 Å². The van der Waals surface area contributed by atoms with Crippen molar-refractivity contribution in [3.05, 3.63) is 16.7 Å². The number of fused-ring (bicyclic) bond motifs is 1. The van der Waals surface area contributed by atoms with Crippen molar-refractivity contribution in [1.82, 2.24) is 15.3 Å². The van der Waals surface area contributed by atoms with Crippen molar-refractivity contribution in [3.8, 4) is 0 Å².